The van der Waals surface area contributed by atoms with Crippen LogP contribution in [0.2, 0.25) is 0 Å². The lowest BCUT2D eigenvalue weighted by Crippen LogP contribution is -2.42. The molecule has 1 aromatic carbocycles. The van der Waals surface area contributed by atoms with E-state index in [1.54, 1.807) is 24.3 Å². The van der Waals surface area contributed by atoms with Crippen LogP contribution >= 0.6 is 11.3 Å². The number of benzene rings is 1. The minimum atomic E-state index is -3.03. The topological polar surface area (TPSA) is 114 Å². The van der Waals surface area contributed by atoms with Gasteiger partial charge in [-0.3, -0.25) is 20.4 Å². The Morgan fingerprint density at radius 2 is 2.14 bits per heavy atom. The number of amides is 2. The SMILES string of the molecule is Cc1nc(COc2cccc(C(=O)NNC(=O)CC3CCS(=O)(=O)C3)c2)cs1. The van der Waals surface area contributed by atoms with Crippen LogP contribution in [0.5, 0.6) is 5.75 Å². The van der Waals surface area contributed by atoms with Crippen LogP contribution in [0.15, 0.2) is 29.6 Å². The van der Waals surface area contributed by atoms with E-state index in [-0.39, 0.29) is 23.8 Å². The first kappa shape index (κ1) is 20.3. The molecule has 2 amide bonds. The number of carbonyl (C=O) groups excluding carboxylic acids is 2. The van der Waals surface area contributed by atoms with Crippen molar-refractivity contribution in [3.8, 4) is 5.75 Å². The van der Waals surface area contributed by atoms with Gasteiger partial charge in [-0.05, 0) is 37.5 Å². The molecule has 0 radical (unpaired) electrons. The Labute approximate surface area is 167 Å². The molecule has 1 atom stereocenters. The first-order valence-corrected chi connectivity index (χ1v) is 11.4. The monoisotopic (exact) mass is 423 g/mol. The molecular formula is C18H21N3O5S2. The summed E-state index contributed by atoms with van der Waals surface area (Å²) in [5.74, 6) is -0.450. The zero-order valence-corrected chi connectivity index (χ0v) is 16.9. The number of nitrogens with one attached hydrogen (secondary N) is 2. The third kappa shape index (κ3) is 5.77. The standard InChI is InChI=1S/C18H21N3O5S2/c1-12-19-15(10-27-12)9-26-16-4-2-3-14(8-16)18(23)21-20-17(22)7-13-5-6-28(24,25)11-13/h2-4,8,10,13H,5-7,9,11H2,1H3,(H,20,22)(H,21,23). The number of aryl methyl sites for hydroxylation is 1. The van der Waals surface area contributed by atoms with E-state index in [0.717, 1.165) is 10.7 Å². The molecule has 1 aromatic heterocycles. The maximum atomic E-state index is 12.2. The van der Waals surface area contributed by atoms with Crippen molar-refractivity contribution < 1.29 is 22.7 Å². The van der Waals surface area contributed by atoms with E-state index in [9.17, 15) is 18.0 Å². The number of aromatic nitrogens is 1. The maximum absolute atomic E-state index is 12.2. The molecule has 2 aromatic rings. The van der Waals surface area contributed by atoms with Gasteiger partial charge in [0.05, 0.1) is 22.2 Å². The molecule has 28 heavy (non-hydrogen) atoms. The van der Waals surface area contributed by atoms with Crippen molar-refractivity contribution in [1.82, 2.24) is 15.8 Å². The Bertz CT molecular complexity index is 971. The Morgan fingerprint density at radius 3 is 2.82 bits per heavy atom. The highest BCUT2D eigenvalue weighted by Crippen LogP contribution is 2.21. The van der Waals surface area contributed by atoms with Gasteiger partial charge in [-0.2, -0.15) is 0 Å². The maximum Gasteiger partial charge on any atom is 0.269 e. The Kier molecular flexibility index (Phi) is 6.30. The first-order valence-electron chi connectivity index (χ1n) is 8.74. The van der Waals surface area contributed by atoms with Crippen molar-refractivity contribution in [2.45, 2.75) is 26.4 Å². The lowest BCUT2D eigenvalue weighted by Gasteiger charge is -2.11. The molecule has 10 heteroatoms. The van der Waals surface area contributed by atoms with Crippen molar-refractivity contribution in [3.05, 3.63) is 45.9 Å². The molecule has 0 spiro atoms. The normalized spacial score (nSPS) is 17.8. The van der Waals surface area contributed by atoms with Gasteiger partial charge in [-0.25, -0.2) is 13.4 Å². The fourth-order valence-electron chi connectivity index (χ4n) is 2.90. The molecule has 1 aliphatic heterocycles. The zero-order valence-electron chi connectivity index (χ0n) is 15.3. The van der Waals surface area contributed by atoms with E-state index in [0.29, 0.717) is 24.3 Å². The van der Waals surface area contributed by atoms with Crippen molar-refractivity contribution >= 4 is 33.0 Å². The molecule has 0 aliphatic carbocycles. The van der Waals surface area contributed by atoms with E-state index in [2.05, 4.69) is 15.8 Å². The molecule has 1 unspecified atom stereocenters. The average Bonchev–Trinajstić information content (AvgIpc) is 3.22. The predicted molar refractivity (Wildman–Crippen MR) is 105 cm³/mol. The number of hydrazine groups is 1. The van der Waals surface area contributed by atoms with Gasteiger partial charge in [0.15, 0.2) is 9.84 Å². The Morgan fingerprint density at radius 1 is 1.32 bits per heavy atom. The molecule has 8 nitrogen and oxygen atoms in total. The minimum Gasteiger partial charge on any atom is -0.487 e. The van der Waals surface area contributed by atoms with Gasteiger partial charge >= 0.3 is 0 Å². The van der Waals surface area contributed by atoms with Crippen LogP contribution in [-0.2, 0) is 21.2 Å². The second kappa shape index (κ2) is 8.70. The Hall–Kier alpha value is -2.46. The van der Waals surface area contributed by atoms with Crippen LogP contribution in [-0.4, -0.2) is 36.7 Å². The number of ether oxygens (including phenoxy) is 1. The molecule has 1 fully saturated rings. The number of rotatable bonds is 6. The van der Waals surface area contributed by atoms with Crippen molar-refractivity contribution in [2.75, 3.05) is 11.5 Å². The summed E-state index contributed by atoms with van der Waals surface area (Å²) in [6.07, 6.45) is 0.539. The molecule has 2 N–H and O–H groups in total. The highest BCUT2D eigenvalue weighted by Gasteiger charge is 2.29. The number of nitrogens with zero attached hydrogens (tertiary/aromatic N) is 1. The smallest absolute Gasteiger partial charge is 0.269 e. The summed E-state index contributed by atoms with van der Waals surface area (Å²) in [4.78, 5) is 28.5. The highest BCUT2D eigenvalue weighted by molar-refractivity contribution is 7.91. The molecule has 0 saturated carbocycles. The number of thiazole rings is 1. The fourth-order valence-corrected chi connectivity index (χ4v) is 5.36. The Balaban J connectivity index is 1.48. The highest BCUT2D eigenvalue weighted by atomic mass is 32.2. The number of sulfone groups is 1. The van der Waals surface area contributed by atoms with Gasteiger partial charge in [-0.15, -0.1) is 11.3 Å². The quantitative estimate of drug-likeness (QED) is 0.683. The van der Waals surface area contributed by atoms with E-state index in [1.165, 1.54) is 11.3 Å². The lowest BCUT2D eigenvalue weighted by molar-refractivity contribution is -0.122. The van der Waals surface area contributed by atoms with Crippen LogP contribution < -0.4 is 15.6 Å². The summed E-state index contributed by atoms with van der Waals surface area (Å²) in [6, 6.07) is 6.59. The van der Waals surface area contributed by atoms with Crippen LogP contribution in [0.4, 0.5) is 0 Å². The van der Waals surface area contributed by atoms with Gasteiger partial charge in [0, 0.05) is 17.4 Å². The zero-order chi connectivity index (χ0) is 20.1. The second-order valence-electron chi connectivity index (χ2n) is 6.65. The van der Waals surface area contributed by atoms with Crippen LogP contribution in [0.3, 0.4) is 0 Å². The summed E-state index contributed by atoms with van der Waals surface area (Å²) in [5, 5.41) is 2.87. The summed E-state index contributed by atoms with van der Waals surface area (Å²) >= 11 is 1.54. The summed E-state index contributed by atoms with van der Waals surface area (Å²) in [6.45, 7) is 2.22. The van der Waals surface area contributed by atoms with Crippen molar-refractivity contribution in [2.24, 2.45) is 5.92 Å². The third-order valence-corrected chi connectivity index (χ3v) is 6.93. The molecule has 1 aliphatic rings. The van der Waals surface area contributed by atoms with E-state index in [4.69, 9.17) is 4.74 Å². The molecule has 150 valence electrons. The molecule has 0 bridgehead atoms. The van der Waals surface area contributed by atoms with Gasteiger partial charge in [0.2, 0.25) is 5.91 Å². The van der Waals surface area contributed by atoms with Crippen LogP contribution in [0.1, 0.15) is 33.9 Å². The summed E-state index contributed by atoms with van der Waals surface area (Å²) < 4.78 is 28.5. The number of hydrogen-bond acceptors (Lipinski definition) is 7. The molecule has 3 rings (SSSR count). The van der Waals surface area contributed by atoms with Crippen molar-refractivity contribution in [1.29, 1.82) is 0 Å². The first-order chi connectivity index (χ1) is 13.3. The predicted octanol–water partition coefficient (Wildman–Crippen LogP) is 1.62. The second-order valence-corrected chi connectivity index (χ2v) is 9.94. The molecular weight excluding hydrogens is 402 g/mol. The minimum absolute atomic E-state index is 0.0201. The summed E-state index contributed by atoms with van der Waals surface area (Å²) in [7, 11) is -3.03. The number of carbonyl (C=O) groups is 2. The van der Waals surface area contributed by atoms with E-state index in [1.807, 2.05) is 12.3 Å². The largest absolute Gasteiger partial charge is 0.487 e. The summed E-state index contributed by atoms with van der Waals surface area (Å²) in [5.41, 5.74) is 5.82. The van der Waals surface area contributed by atoms with Crippen LogP contribution in [0.25, 0.3) is 0 Å². The van der Waals surface area contributed by atoms with E-state index < -0.39 is 21.7 Å². The third-order valence-electron chi connectivity index (χ3n) is 4.27. The fraction of sp³-hybridized carbons (Fsp3) is 0.389. The van der Waals surface area contributed by atoms with E-state index >= 15 is 0 Å². The van der Waals surface area contributed by atoms with Gasteiger partial charge in [0.1, 0.15) is 12.4 Å². The average molecular weight is 424 g/mol. The molecule has 2 heterocycles. The lowest BCUT2D eigenvalue weighted by atomic mass is 10.1. The van der Waals surface area contributed by atoms with Crippen molar-refractivity contribution in [3.63, 3.8) is 0 Å². The van der Waals surface area contributed by atoms with Gasteiger partial charge < -0.3 is 4.74 Å². The van der Waals surface area contributed by atoms with Gasteiger partial charge in [-0.1, -0.05) is 6.07 Å². The molecule has 1 saturated heterocycles. The van der Waals surface area contributed by atoms with Gasteiger partial charge in [0.25, 0.3) is 5.91 Å². The number of hydrogen-bond donors (Lipinski definition) is 2. The van der Waals surface area contributed by atoms with Crippen LogP contribution in [0, 0.1) is 12.8 Å².